The molecule has 0 aromatic heterocycles. The van der Waals surface area contributed by atoms with E-state index >= 15 is 0 Å². The maximum Gasteiger partial charge on any atom is 0.500 e. The molecule has 0 radical (unpaired) electrons. The van der Waals surface area contributed by atoms with Crippen LogP contribution < -0.4 is 0 Å². The SMILES string of the molecule is CO[Si](CCc1ccc(I)cc1I)(OC)OC. The van der Waals surface area contributed by atoms with Crippen molar-refractivity contribution in [2.75, 3.05) is 21.3 Å². The predicted molar refractivity (Wildman–Crippen MR) is 87.2 cm³/mol. The van der Waals surface area contributed by atoms with Gasteiger partial charge in [-0.15, -0.1) is 0 Å². The molecule has 1 aromatic carbocycles. The Morgan fingerprint density at radius 3 is 2.12 bits per heavy atom. The molecule has 0 amide bonds. The van der Waals surface area contributed by atoms with Crippen LogP contribution in [-0.2, 0) is 19.7 Å². The largest absolute Gasteiger partial charge is 0.500 e. The van der Waals surface area contributed by atoms with Crippen molar-refractivity contribution in [1.82, 2.24) is 0 Å². The third-order valence-corrected chi connectivity index (χ3v) is 7.05. The lowest BCUT2D eigenvalue weighted by Crippen LogP contribution is -2.43. The first-order valence-corrected chi connectivity index (χ1v) is 9.25. The molecule has 6 heteroatoms. The van der Waals surface area contributed by atoms with Gasteiger partial charge in [-0.05, 0) is 69.3 Å². The van der Waals surface area contributed by atoms with Crippen molar-refractivity contribution in [3.8, 4) is 0 Å². The standard InChI is InChI=1S/C11H16I2O3Si/c1-14-17(15-2,16-3)7-6-9-4-5-10(12)8-11(9)13/h4-5,8H,6-7H2,1-3H3. The van der Waals surface area contributed by atoms with E-state index in [1.54, 1.807) is 21.3 Å². The van der Waals surface area contributed by atoms with E-state index in [0.29, 0.717) is 0 Å². The van der Waals surface area contributed by atoms with Gasteiger partial charge in [0.05, 0.1) is 0 Å². The number of hydrogen-bond acceptors (Lipinski definition) is 3. The van der Waals surface area contributed by atoms with Gasteiger partial charge < -0.3 is 13.3 Å². The van der Waals surface area contributed by atoms with Crippen molar-refractivity contribution < 1.29 is 13.3 Å². The minimum absolute atomic E-state index is 0.799. The monoisotopic (exact) mass is 478 g/mol. The van der Waals surface area contributed by atoms with Crippen LogP contribution in [0.2, 0.25) is 6.04 Å². The highest BCUT2D eigenvalue weighted by molar-refractivity contribution is 14.1. The summed E-state index contributed by atoms with van der Waals surface area (Å²) in [6, 6.07) is 7.25. The van der Waals surface area contributed by atoms with Crippen LogP contribution in [-0.4, -0.2) is 30.1 Å². The number of halogens is 2. The molecule has 96 valence electrons. The van der Waals surface area contributed by atoms with Gasteiger partial charge in [0, 0.05) is 34.5 Å². The lowest BCUT2D eigenvalue weighted by atomic mass is 10.2. The zero-order valence-corrected chi connectivity index (χ0v) is 15.4. The highest BCUT2D eigenvalue weighted by Gasteiger charge is 2.37. The van der Waals surface area contributed by atoms with Crippen LogP contribution in [0.25, 0.3) is 0 Å². The summed E-state index contributed by atoms with van der Waals surface area (Å²) in [6.45, 7) is 0. The Hall–Kier alpha value is 0.777. The van der Waals surface area contributed by atoms with Gasteiger partial charge in [0.25, 0.3) is 0 Å². The number of aryl methyl sites for hydroxylation is 1. The summed E-state index contributed by atoms with van der Waals surface area (Å²) < 4.78 is 18.8. The fourth-order valence-corrected chi connectivity index (χ4v) is 5.13. The van der Waals surface area contributed by atoms with Crippen molar-refractivity contribution in [2.24, 2.45) is 0 Å². The normalized spacial score (nSPS) is 11.8. The van der Waals surface area contributed by atoms with Crippen LogP contribution in [0.3, 0.4) is 0 Å². The topological polar surface area (TPSA) is 27.7 Å². The molecule has 0 saturated carbocycles. The number of rotatable bonds is 6. The van der Waals surface area contributed by atoms with Gasteiger partial charge in [-0.1, -0.05) is 6.07 Å². The van der Waals surface area contributed by atoms with Crippen LogP contribution in [0.1, 0.15) is 5.56 Å². The van der Waals surface area contributed by atoms with Crippen LogP contribution in [0.4, 0.5) is 0 Å². The number of benzene rings is 1. The molecule has 17 heavy (non-hydrogen) atoms. The minimum atomic E-state index is -2.44. The molecule has 0 atom stereocenters. The van der Waals surface area contributed by atoms with E-state index in [1.807, 2.05) is 0 Å². The smallest absolute Gasteiger partial charge is 0.377 e. The molecule has 0 saturated heterocycles. The molecule has 0 unspecified atom stereocenters. The third-order valence-electron chi connectivity index (χ3n) is 2.65. The summed E-state index contributed by atoms with van der Waals surface area (Å²) in [5, 5.41) is 0. The van der Waals surface area contributed by atoms with Crippen molar-refractivity contribution in [2.45, 2.75) is 12.5 Å². The fraction of sp³-hybridized carbons (Fsp3) is 0.455. The van der Waals surface area contributed by atoms with Crippen LogP contribution in [0, 0.1) is 7.14 Å². The van der Waals surface area contributed by atoms with Gasteiger partial charge in [0.2, 0.25) is 0 Å². The van der Waals surface area contributed by atoms with Gasteiger partial charge in [0.15, 0.2) is 0 Å². The molecule has 0 aliphatic carbocycles. The molecule has 0 N–H and O–H groups in total. The highest BCUT2D eigenvalue weighted by Crippen LogP contribution is 2.21. The zero-order chi connectivity index (χ0) is 12.9. The molecule has 1 aromatic rings. The van der Waals surface area contributed by atoms with Crippen molar-refractivity contribution >= 4 is 54.0 Å². The highest BCUT2D eigenvalue weighted by atomic mass is 127. The predicted octanol–water partition coefficient (Wildman–Crippen LogP) is 3.32. The Morgan fingerprint density at radius 1 is 1.06 bits per heavy atom. The summed E-state index contributed by atoms with van der Waals surface area (Å²) >= 11 is 4.68. The average molecular weight is 478 g/mol. The van der Waals surface area contributed by atoms with Crippen molar-refractivity contribution in [1.29, 1.82) is 0 Å². The molecule has 3 nitrogen and oxygen atoms in total. The summed E-state index contributed by atoms with van der Waals surface area (Å²) in [5.41, 5.74) is 1.31. The van der Waals surface area contributed by atoms with E-state index < -0.39 is 8.80 Å². The van der Waals surface area contributed by atoms with E-state index in [0.717, 1.165) is 12.5 Å². The van der Waals surface area contributed by atoms with Gasteiger partial charge >= 0.3 is 8.80 Å². The minimum Gasteiger partial charge on any atom is -0.377 e. The Labute approximate surface area is 131 Å². The first kappa shape index (κ1) is 15.8. The average Bonchev–Trinajstić information content (AvgIpc) is 2.33. The second-order valence-corrected chi connectivity index (χ2v) is 9.03. The maximum absolute atomic E-state index is 5.41. The molecule has 0 aliphatic heterocycles. The molecule has 0 fully saturated rings. The van der Waals surface area contributed by atoms with E-state index in [9.17, 15) is 0 Å². The number of hydrogen-bond donors (Lipinski definition) is 0. The lowest BCUT2D eigenvalue weighted by Gasteiger charge is -2.24. The Bertz CT molecular complexity index is 361. The van der Waals surface area contributed by atoms with Crippen molar-refractivity contribution in [3.05, 3.63) is 30.9 Å². The molecule has 0 aliphatic rings. The molecule has 0 heterocycles. The van der Waals surface area contributed by atoms with Gasteiger partial charge in [0.1, 0.15) is 0 Å². The third kappa shape index (κ3) is 4.42. The lowest BCUT2D eigenvalue weighted by molar-refractivity contribution is 0.123. The van der Waals surface area contributed by atoms with Crippen LogP contribution >= 0.6 is 45.2 Å². The molecule has 0 bridgehead atoms. The van der Waals surface area contributed by atoms with Crippen LogP contribution in [0.15, 0.2) is 18.2 Å². The van der Waals surface area contributed by atoms with Gasteiger partial charge in [-0.3, -0.25) is 0 Å². The molecule has 1 rings (SSSR count). The van der Waals surface area contributed by atoms with Gasteiger partial charge in [-0.2, -0.15) is 0 Å². The molecule has 0 spiro atoms. The summed E-state index contributed by atoms with van der Waals surface area (Å²) in [7, 11) is 2.51. The van der Waals surface area contributed by atoms with E-state index in [2.05, 4.69) is 63.4 Å². The zero-order valence-electron chi connectivity index (χ0n) is 10.1. The Morgan fingerprint density at radius 2 is 1.65 bits per heavy atom. The summed E-state index contributed by atoms with van der Waals surface area (Å²) in [4.78, 5) is 0. The summed E-state index contributed by atoms with van der Waals surface area (Å²) in [5.74, 6) is 0. The molecular weight excluding hydrogens is 462 g/mol. The Balaban J connectivity index is 2.72. The Kier molecular flexibility index (Phi) is 6.88. The van der Waals surface area contributed by atoms with Crippen molar-refractivity contribution in [3.63, 3.8) is 0 Å². The van der Waals surface area contributed by atoms with E-state index in [4.69, 9.17) is 13.3 Å². The van der Waals surface area contributed by atoms with Gasteiger partial charge in [-0.25, -0.2) is 0 Å². The fourth-order valence-electron chi connectivity index (χ4n) is 1.57. The second kappa shape index (κ2) is 7.39. The summed E-state index contributed by atoms with van der Waals surface area (Å²) in [6.07, 6.45) is 0.914. The quantitative estimate of drug-likeness (QED) is 0.464. The second-order valence-electron chi connectivity index (χ2n) is 3.53. The first-order valence-electron chi connectivity index (χ1n) is 5.16. The van der Waals surface area contributed by atoms with E-state index in [1.165, 1.54) is 12.7 Å². The van der Waals surface area contributed by atoms with E-state index in [-0.39, 0.29) is 0 Å². The maximum atomic E-state index is 5.41. The van der Waals surface area contributed by atoms with Crippen LogP contribution in [0.5, 0.6) is 0 Å². The molecular formula is C11H16I2O3Si. The first-order chi connectivity index (χ1) is 8.06.